The van der Waals surface area contributed by atoms with Crippen molar-refractivity contribution in [2.45, 2.75) is 19.6 Å². The number of alkyl halides is 3. The van der Waals surface area contributed by atoms with Gasteiger partial charge >= 0.3 is 11.9 Å². The minimum absolute atomic E-state index is 0.290. The number of hydrogen-bond donors (Lipinski definition) is 0. The average molecular weight is 250 g/mol. The Balaban J connectivity index is 3.49. The van der Waals surface area contributed by atoms with E-state index in [1.807, 2.05) is 0 Å². The van der Waals surface area contributed by atoms with Crippen LogP contribution in [0, 0.1) is 0 Å². The van der Waals surface area contributed by atoms with Gasteiger partial charge in [0.15, 0.2) is 5.78 Å². The van der Waals surface area contributed by atoms with Crippen LogP contribution in [0.5, 0.6) is 0 Å². The fourth-order valence-corrected chi connectivity index (χ4v) is 1.27. The molecule has 5 nitrogen and oxygen atoms in total. The van der Waals surface area contributed by atoms with Gasteiger partial charge in [0.05, 0.1) is 5.56 Å². The Hall–Kier alpha value is -1.86. The van der Waals surface area contributed by atoms with Crippen LogP contribution in [0.15, 0.2) is 15.8 Å². The minimum Gasteiger partial charge on any atom is -0.294 e. The summed E-state index contributed by atoms with van der Waals surface area (Å²) in [6, 6.07) is 0. The molecule has 1 rings (SSSR count). The van der Waals surface area contributed by atoms with Crippen molar-refractivity contribution in [3.05, 3.63) is 32.6 Å². The van der Waals surface area contributed by atoms with E-state index in [1.165, 1.54) is 0 Å². The Morgan fingerprint density at radius 1 is 1.35 bits per heavy atom. The summed E-state index contributed by atoms with van der Waals surface area (Å²) in [6.45, 7) is -0.501. The second-order valence-corrected chi connectivity index (χ2v) is 3.49. The number of ketones is 1. The van der Waals surface area contributed by atoms with Crippen LogP contribution in [0.3, 0.4) is 0 Å². The maximum absolute atomic E-state index is 12.2. The van der Waals surface area contributed by atoms with Gasteiger partial charge in [0.1, 0.15) is 6.54 Å². The SMILES string of the molecule is CC(=O)c1cn(CC(F)(F)F)c(=O)n(C)c1=O. The summed E-state index contributed by atoms with van der Waals surface area (Å²) in [5.41, 5.74) is -2.46. The molecule has 0 aliphatic heterocycles. The number of rotatable bonds is 2. The lowest BCUT2D eigenvalue weighted by Gasteiger charge is -2.11. The van der Waals surface area contributed by atoms with E-state index in [2.05, 4.69) is 0 Å². The summed E-state index contributed by atoms with van der Waals surface area (Å²) in [6.07, 6.45) is -3.96. The smallest absolute Gasteiger partial charge is 0.294 e. The third kappa shape index (κ3) is 2.83. The topological polar surface area (TPSA) is 61.1 Å². The van der Waals surface area contributed by atoms with Crippen molar-refractivity contribution in [1.82, 2.24) is 9.13 Å². The van der Waals surface area contributed by atoms with Gasteiger partial charge in [-0.3, -0.25) is 18.7 Å². The molecule has 0 spiro atoms. The van der Waals surface area contributed by atoms with Crippen molar-refractivity contribution in [3.63, 3.8) is 0 Å². The first-order valence-electron chi connectivity index (χ1n) is 4.51. The van der Waals surface area contributed by atoms with E-state index >= 15 is 0 Å². The molecule has 0 saturated carbocycles. The largest absolute Gasteiger partial charge is 0.406 e. The van der Waals surface area contributed by atoms with Gasteiger partial charge in [-0.05, 0) is 6.92 Å². The van der Waals surface area contributed by atoms with Crippen LogP contribution in [0.4, 0.5) is 13.2 Å². The zero-order valence-electron chi connectivity index (χ0n) is 9.04. The van der Waals surface area contributed by atoms with Crippen LogP contribution in [-0.4, -0.2) is 21.1 Å². The number of nitrogens with zero attached hydrogens (tertiary/aromatic N) is 2. The van der Waals surface area contributed by atoms with Gasteiger partial charge in [0.25, 0.3) is 5.56 Å². The average Bonchev–Trinajstić information content (AvgIpc) is 2.16. The molecule has 0 bridgehead atoms. The molecule has 1 aromatic rings. The molecular formula is C9H9F3N2O3. The summed E-state index contributed by atoms with van der Waals surface area (Å²) >= 11 is 0. The summed E-state index contributed by atoms with van der Waals surface area (Å²) in [4.78, 5) is 33.8. The van der Waals surface area contributed by atoms with Crippen molar-refractivity contribution >= 4 is 5.78 Å². The van der Waals surface area contributed by atoms with E-state index in [1.54, 1.807) is 0 Å². The van der Waals surface area contributed by atoms with Crippen LogP contribution in [0.1, 0.15) is 17.3 Å². The number of aromatic nitrogens is 2. The van der Waals surface area contributed by atoms with Crippen LogP contribution < -0.4 is 11.2 Å². The maximum atomic E-state index is 12.2. The molecule has 0 aliphatic carbocycles. The highest BCUT2D eigenvalue weighted by Gasteiger charge is 2.29. The lowest BCUT2D eigenvalue weighted by molar-refractivity contribution is -0.141. The Bertz CT molecular complexity index is 568. The zero-order chi connectivity index (χ0) is 13.4. The molecule has 94 valence electrons. The third-order valence-corrected chi connectivity index (χ3v) is 2.08. The quantitative estimate of drug-likeness (QED) is 0.710. The monoisotopic (exact) mass is 250 g/mol. The molecule has 1 aromatic heterocycles. The second-order valence-electron chi connectivity index (χ2n) is 3.49. The zero-order valence-corrected chi connectivity index (χ0v) is 9.04. The van der Waals surface area contributed by atoms with Crippen molar-refractivity contribution < 1.29 is 18.0 Å². The molecule has 1 heterocycles. The normalized spacial score (nSPS) is 11.6. The first kappa shape index (κ1) is 13.2. The van der Waals surface area contributed by atoms with E-state index in [4.69, 9.17) is 0 Å². The van der Waals surface area contributed by atoms with Gasteiger partial charge in [-0.25, -0.2) is 4.79 Å². The lowest BCUT2D eigenvalue weighted by Crippen LogP contribution is -2.42. The van der Waals surface area contributed by atoms with Gasteiger partial charge in [0.2, 0.25) is 0 Å². The molecule has 0 saturated heterocycles. The van der Waals surface area contributed by atoms with Crippen LogP contribution >= 0.6 is 0 Å². The summed E-state index contributed by atoms with van der Waals surface area (Å²) in [5.74, 6) is -0.693. The Morgan fingerprint density at radius 2 is 1.88 bits per heavy atom. The van der Waals surface area contributed by atoms with Gasteiger partial charge in [-0.2, -0.15) is 13.2 Å². The van der Waals surface area contributed by atoms with Crippen LogP contribution in [-0.2, 0) is 13.6 Å². The van der Waals surface area contributed by atoms with E-state index < -0.39 is 35.3 Å². The summed E-state index contributed by atoms with van der Waals surface area (Å²) in [5, 5.41) is 0. The van der Waals surface area contributed by atoms with Gasteiger partial charge in [-0.15, -0.1) is 0 Å². The van der Waals surface area contributed by atoms with E-state index in [-0.39, 0.29) is 4.57 Å². The van der Waals surface area contributed by atoms with E-state index in [0.717, 1.165) is 14.0 Å². The van der Waals surface area contributed by atoms with Crippen molar-refractivity contribution in [3.8, 4) is 0 Å². The molecule has 0 amide bonds. The highest BCUT2D eigenvalue weighted by molar-refractivity contribution is 5.93. The molecule has 0 unspecified atom stereocenters. The minimum atomic E-state index is -4.60. The third-order valence-electron chi connectivity index (χ3n) is 2.08. The van der Waals surface area contributed by atoms with E-state index in [9.17, 15) is 27.6 Å². The molecule has 17 heavy (non-hydrogen) atoms. The summed E-state index contributed by atoms with van der Waals surface area (Å²) < 4.78 is 37.2. The van der Waals surface area contributed by atoms with Crippen LogP contribution in [0.2, 0.25) is 0 Å². The lowest BCUT2D eigenvalue weighted by atomic mass is 10.2. The van der Waals surface area contributed by atoms with Crippen molar-refractivity contribution in [1.29, 1.82) is 0 Å². The molecule has 0 aliphatic rings. The predicted octanol–water partition coefficient (Wildman–Crippen LogP) is 0.312. The molecule has 8 heteroatoms. The molecule has 0 atom stereocenters. The first-order chi connectivity index (χ1) is 7.63. The van der Waals surface area contributed by atoms with E-state index in [0.29, 0.717) is 10.8 Å². The molecule has 0 aromatic carbocycles. The Kier molecular flexibility index (Phi) is 3.25. The highest BCUT2D eigenvalue weighted by atomic mass is 19.4. The Labute approximate surface area is 93.1 Å². The number of carbonyl (C=O) groups is 1. The molecule has 0 N–H and O–H groups in total. The molecule has 0 fully saturated rings. The number of carbonyl (C=O) groups excluding carboxylic acids is 1. The summed E-state index contributed by atoms with van der Waals surface area (Å²) in [7, 11) is 1.02. The molecule has 0 radical (unpaired) electrons. The second kappa shape index (κ2) is 4.19. The standard InChI is InChI=1S/C9H9F3N2O3/c1-5(15)6-3-14(4-9(10,11)12)8(17)13(2)7(6)16/h3H,4H2,1-2H3. The van der Waals surface area contributed by atoms with Crippen LogP contribution in [0.25, 0.3) is 0 Å². The van der Waals surface area contributed by atoms with Gasteiger partial charge in [0, 0.05) is 13.2 Å². The fraction of sp³-hybridized carbons (Fsp3) is 0.444. The van der Waals surface area contributed by atoms with Crippen molar-refractivity contribution in [2.75, 3.05) is 0 Å². The number of hydrogen-bond acceptors (Lipinski definition) is 3. The number of Topliss-reactive ketones (excluding diaryl/α,β-unsaturated/α-hetero) is 1. The maximum Gasteiger partial charge on any atom is 0.406 e. The fourth-order valence-electron chi connectivity index (χ4n) is 1.27. The molecular weight excluding hydrogens is 241 g/mol. The first-order valence-corrected chi connectivity index (χ1v) is 4.51. The Morgan fingerprint density at radius 3 is 2.29 bits per heavy atom. The van der Waals surface area contributed by atoms with Gasteiger partial charge in [-0.1, -0.05) is 0 Å². The van der Waals surface area contributed by atoms with Crippen molar-refractivity contribution in [2.24, 2.45) is 7.05 Å². The van der Waals surface area contributed by atoms with Gasteiger partial charge < -0.3 is 0 Å². The predicted molar refractivity (Wildman–Crippen MR) is 52.0 cm³/mol. The number of halogens is 3. The highest BCUT2D eigenvalue weighted by Crippen LogP contribution is 2.16.